The van der Waals surface area contributed by atoms with Crippen molar-refractivity contribution >= 4 is 23.1 Å². The molecule has 0 aliphatic carbocycles. The summed E-state index contributed by atoms with van der Waals surface area (Å²) in [7, 11) is 1.53. The fraction of sp³-hybridized carbons (Fsp3) is 0.222. The number of amides is 1. The number of carbonyl (C=O) groups is 2. The molecule has 6 nitrogen and oxygen atoms in total. The fourth-order valence-corrected chi connectivity index (χ4v) is 4.17. The number of aromatic nitrogens is 1. The molecular formula is C27H24F2N2O4. The minimum Gasteiger partial charge on any atom is -0.507 e. The molecule has 1 aromatic heterocycles. The van der Waals surface area contributed by atoms with Crippen LogP contribution in [0.15, 0.2) is 66.4 Å². The van der Waals surface area contributed by atoms with Gasteiger partial charge in [0.05, 0.1) is 24.1 Å². The molecule has 1 N–H and O–H groups in total. The molecule has 1 fully saturated rings. The maximum absolute atomic E-state index is 14.7. The van der Waals surface area contributed by atoms with Gasteiger partial charge in [-0.05, 0) is 47.9 Å². The topological polar surface area (TPSA) is 79.7 Å². The van der Waals surface area contributed by atoms with E-state index >= 15 is 0 Å². The number of hydrogen-bond donors (Lipinski definition) is 1. The molecular weight excluding hydrogens is 454 g/mol. The number of pyridine rings is 1. The molecule has 4 rings (SSSR count). The fourth-order valence-electron chi connectivity index (χ4n) is 4.17. The number of Topliss-reactive ketones (excluding diaryl/α,β-unsaturated/α-hetero) is 1. The third-order valence-corrected chi connectivity index (χ3v) is 5.86. The van der Waals surface area contributed by atoms with Gasteiger partial charge in [0, 0.05) is 23.4 Å². The highest BCUT2D eigenvalue weighted by Crippen LogP contribution is 2.43. The Morgan fingerprint density at radius 1 is 1.06 bits per heavy atom. The first-order chi connectivity index (χ1) is 16.5. The van der Waals surface area contributed by atoms with Crippen molar-refractivity contribution in [3.8, 4) is 5.75 Å². The van der Waals surface area contributed by atoms with Crippen molar-refractivity contribution in [2.75, 3.05) is 12.0 Å². The van der Waals surface area contributed by atoms with E-state index in [1.807, 2.05) is 20.8 Å². The van der Waals surface area contributed by atoms with E-state index in [1.165, 1.54) is 13.3 Å². The van der Waals surface area contributed by atoms with E-state index in [-0.39, 0.29) is 22.2 Å². The number of nitrogens with zero attached hydrogens (tertiary/aromatic N) is 2. The van der Waals surface area contributed by atoms with E-state index in [1.54, 1.807) is 36.4 Å². The van der Waals surface area contributed by atoms with Gasteiger partial charge in [0.15, 0.2) is 0 Å². The summed E-state index contributed by atoms with van der Waals surface area (Å²) in [6.45, 7) is 5.90. The second-order valence-electron chi connectivity index (χ2n) is 9.18. The van der Waals surface area contributed by atoms with Crippen LogP contribution in [0.4, 0.5) is 14.5 Å². The lowest BCUT2D eigenvalue weighted by molar-refractivity contribution is -0.132. The Balaban J connectivity index is 1.98. The van der Waals surface area contributed by atoms with Gasteiger partial charge in [-0.3, -0.25) is 19.5 Å². The lowest BCUT2D eigenvalue weighted by atomic mass is 9.84. The number of ether oxygens (including phenoxy) is 1. The Morgan fingerprint density at radius 3 is 2.43 bits per heavy atom. The van der Waals surface area contributed by atoms with Crippen molar-refractivity contribution in [1.82, 2.24) is 4.98 Å². The number of aliphatic hydroxyl groups excluding tert-OH is 1. The van der Waals surface area contributed by atoms with Crippen LogP contribution in [0.2, 0.25) is 0 Å². The van der Waals surface area contributed by atoms with Crippen molar-refractivity contribution in [2.45, 2.75) is 32.2 Å². The largest absolute Gasteiger partial charge is 0.507 e. The number of ketones is 1. The van der Waals surface area contributed by atoms with Gasteiger partial charge < -0.3 is 9.84 Å². The van der Waals surface area contributed by atoms with E-state index in [9.17, 15) is 23.5 Å². The third kappa shape index (κ3) is 4.27. The third-order valence-electron chi connectivity index (χ3n) is 5.86. The monoisotopic (exact) mass is 478 g/mol. The minimum absolute atomic E-state index is 0.210. The zero-order valence-electron chi connectivity index (χ0n) is 19.7. The number of anilines is 1. The number of benzene rings is 2. The number of aliphatic hydroxyl groups is 1. The molecule has 1 amide bonds. The van der Waals surface area contributed by atoms with E-state index in [0.29, 0.717) is 5.75 Å². The van der Waals surface area contributed by atoms with Crippen LogP contribution in [0.1, 0.15) is 43.6 Å². The van der Waals surface area contributed by atoms with Crippen LogP contribution in [-0.4, -0.2) is 28.9 Å². The second kappa shape index (κ2) is 8.94. The summed E-state index contributed by atoms with van der Waals surface area (Å²) in [5, 5.41) is 11.3. The van der Waals surface area contributed by atoms with Crippen molar-refractivity contribution in [2.24, 2.45) is 0 Å². The molecule has 3 aromatic rings. The van der Waals surface area contributed by atoms with Crippen molar-refractivity contribution in [1.29, 1.82) is 0 Å². The first kappa shape index (κ1) is 24.1. The van der Waals surface area contributed by atoms with Gasteiger partial charge in [-0.2, -0.15) is 0 Å². The van der Waals surface area contributed by atoms with Gasteiger partial charge in [-0.25, -0.2) is 8.78 Å². The molecule has 8 heteroatoms. The van der Waals surface area contributed by atoms with Gasteiger partial charge >= 0.3 is 0 Å². The summed E-state index contributed by atoms with van der Waals surface area (Å²) in [5.74, 6) is -3.67. The maximum Gasteiger partial charge on any atom is 0.300 e. The summed E-state index contributed by atoms with van der Waals surface area (Å²) >= 11 is 0. The molecule has 1 atom stereocenters. The normalized spacial score (nSPS) is 17.7. The molecule has 0 spiro atoms. The summed E-state index contributed by atoms with van der Waals surface area (Å²) < 4.78 is 34.2. The standard InChI is InChI=1S/C27H24F2N2O4/c1-27(2,3)17-13-15(8-11-21(17)35-4)24(32)22-23(19-7-5-6-12-30-19)31(26(34)25(22)33)20-14-16(28)9-10-18(20)29/h5-14,23,32H,1-4H3/b24-22-. The van der Waals surface area contributed by atoms with Crippen LogP contribution in [0, 0.1) is 11.6 Å². The van der Waals surface area contributed by atoms with Crippen LogP contribution in [0.5, 0.6) is 5.75 Å². The highest BCUT2D eigenvalue weighted by atomic mass is 19.1. The molecule has 0 saturated carbocycles. The Labute approximate surface area is 201 Å². The highest BCUT2D eigenvalue weighted by molar-refractivity contribution is 6.51. The predicted octanol–water partition coefficient (Wildman–Crippen LogP) is 5.29. The van der Waals surface area contributed by atoms with Crippen molar-refractivity contribution < 1.29 is 28.2 Å². The highest BCUT2D eigenvalue weighted by Gasteiger charge is 2.48. The zero-order chi connectivity index (χ0) is 25.5. The first-order valence-corrected chi connectivity index (χ1v) is 10.9. The van der Waals surface area contributed by atoms with Crippen molar-refractivity contribution in [3.05, 3.63) is 94.8 Å². The molecule has 2 aromatic carbocycles. The summed E-state index contributed by atoms with van der Waals surface area (Å²) in [6, 6.07) is 11.1. The van der Waals surface area contributed by atoms with Crippen LogP contribution in [0.25, 0.3) is 5.76 Å². The number of rotatable bonds is 4. The van der Waals surface area contributed by atoms with Crippen LogP contribution in [-0.2, 0) is 15.0 Å². The van der Waals surface area contributed by atoms with Crippen LogP contribution >= 0.6 is 0 Å². The molecule has 1 aliphatic heterocycles. The second-order valence-corrected chi connectivity index (χ2v) is 9.18. The molecule has 35 heavy (non-hydrogen) atoms. The van der Waals surface area contributed by atoms with Gasteiger partial charge in [0.25, 0.3) is 11.7 Å². The van der Waals surface area contributed by atoms with Gasteiger partial charge in [0.2, 0.25) is 0 Å². The SMILES string of the molecule is COc1ccc(/C(O)=C2/C(=O)C(=O)N(c3cc(F)ccc3F)C2c2ccccn2)cc1C(C)(C)C. The Hall–Kier alpha value is -4.07. The summed E-state index contributed by atoms with van der Waals surface area (Å²) in [5.41, 5.74) is 0.188. The maximum atomic E-state index is 14.7. The molecule has 0 radical (unpaired) electrons. The molecule has 2 heterocycles. The summed E-state index contributed by atoms with van der Waals surface area (Å²) in [4.78, 5) is 31.4. The molecule has 1 unspecified atom stereocenters. The van der Waals surface area contributed by atoms with Gasteiger partial charge in [-0.15, -0.1) is 0 Å². The Morgan fingerprint density at radius 2 is 1.80 bits per heavy atom. The quantitative estimate of drug-likeness (QED) is 0.313. The average molecular weight is 478 g/mol. The number of methoxy groups -OCH3 is 1. The predicted molar refractivity (Wildman–Crippen MR) is 127 cm³/mol. The summed E-state index contributed by atoms with van der Waals surface area (Å²) in [6.07, 6.45) is 1.45. The van der Waals surface area contributed by atoms with E-state index in [0.717, 1.165) is 28.7 Å². The van der Waals surface area contributed by atoms with E-state index in [2.05, 4.69) is 4.98 Å². The molecule has 0 bridgehead atoms. The van der Waals surface area contributed by atoms with Crippen LogP contribution < -0.4 is 9.64 Å². The van der Waals surface area contributed by atoms with Crippen molar-refractivity contribution in [3.63, 3.8) is 0 Å². The first-order valence-electron chi connectivity index (χ1n) is 10.9. The van der Waals surface area contributed by atoms with Gasteiger partial charge in [-0.1, -0.05) is 26.8 Å². The smallest absolute Gasteiger partial charge is 0.300 e. The number of hydrogen-bond acceptors (Lipinski definition) is 5. The molecule has 180 valence electrons. The van der Waals surface area contributed by atoms with Crippen LogP contribution in [0.3, 0.4) is 0 Å². The zero-order valence-corrected chi connectivity index (χ0v) is 19.7. The minimum atomic E-state index is -1.27. The lowest BCUT2D eigenvalue weighted by Gasteiger charge is -2.25. The molecule has 1 aliphatic rings. The number of carbonyl (C=O) groups excluding carboxylic acids is 2. The molecule has 1 saturated heterocycles. The van der Waals surface area contributed by atoms with E-state index in [4.69, 9.17) is 4.74 Å². The lowest BCUT2D eigenvalue weighted by Crippen LogP contribution is -2.30. The Kier molecular flexibility index (Phi) is 6.15. The average Bonchev–Trinajstić information content (AvgIpc) is 3.10. The number of halogens is 2. The Bertz CT molecular complexity index is 1350. The van der Waals surface area contributed by atoms with Gasteiger partial charge in [0.1, 0.15) is 29.2 Å². The van der Waals surface area contributed by atoms with E-state index < -0.39 is 40.8 Å².